The fraction of sp³-hybridized carbons (Fsp3) is 0.321. The zero-order valence-electron chi connectivity index (χ0n) is 37.4. The Morgan fingerprint density at radius 1 is 0.719 bits per heavy atom. The monoisotopic (exact) mass is 873 g/mol. The summed E-state index contributed by atoms with van der Waals surface area (Å²) in [5, 5.41) is 6.20. The van der Waals surface area contributed by atoms with Gasteiger partial charge in [-0.3, -0.25) is 23.7 Å². The van der Waals surface area contributed by atoms with Crippen LogP contribution in [-0.4, -0.2) is 70.6 Å². The molecule has 3 aromatic carbocycles. The van der Waals surface area contributed by atoms with E-state index >= 15 is 0 Å². The van der Waals surface area contributed by atoms with Gasteiger partial charge in [-0.05, 0) is 124 Å². The standard InChI is InChI=1S/C53H56ClN7O3/c1-34(2)57-32-42-15-9-23-60(42)49-30-46(51(53(63)59(49)4)40-18-17-36-12-6-7-13-37(36)27-40)44-20-21-55-31-41(44)26-35-11-8-14-39(25-35)50-45(38-19-22-56-47(54)28-38)29-48(58(3)52(50)62)61-24-10-16-43(61)33-64-5/h6-8,11-14,17-22,25,27-31,34,42-43,57H,9-10,15-16,23-24,26,32-33H2,1-5H3/t42-,43+/m1/s1. The van der Waals surface area contributed by atoms with Crippen LogP contribution in [0.2, 0.25) is 5.15 Å². The van der Waals surface area contributed by atoms with E-state index < -0.39 is 0 Å². The number of hydrogen-bond acceptors (Lipinski definition) is 8. The molecule has 1 N–H and O–H groups in total. The van der Waals surface area contributed by atoms with Gasteiger partial charge in [0.1, 0.15) is 16.8 Å². The van der Waals surface area contributed by atoms with Crippen molar-refractivity contribution >= 4 is 34.0 Å². The highest BCUT2D eigenvalue weighted by molar-refractivity contribution is 6.29. The van der Waals surface area contributed by atoms with E-state index in [2.05, 4.69) is 93.5 Å². The predicted octanol–water partition coefficient (Wildman–Crippen LogP) is 9.52. The van der Waals surface area contributed by atoms with E-state index in [0.29, 0.717) is 35.3 Å². The number of halogens is 1. The first-order valence-corrected chi connectivity index (χ1v) is 22.8. The van der Waals surface area contributed by atoms with Crippen molar-refractivity contribution in [1.82, 2.24) is 24.4 Å². The number of methoxy groups -OCH3 is 1. The van der Waals surface area contributed by atoms with Crippen LogP contribution < -0.4 is 26.2 Å². The fourth-order valence-corrected chi connectivity index (χ4v) is 10.1. The van der Waals surface area contributed by atoms with Crippen LogP contribution in [-0.2, 0) is 25.3 Å². The van der Waals surface area contributed by atoms with Crippen molar-refractivity contribution in [1.29, 1.82) is 0 Å². The molecule has 2 atom stereocenters. The molecule has 0 unspecified atom stereocenters. The number of rotatable bonds is 13. The third kappa shape index (κ3) is 8.50. The Morgan fingerprint density at radius 3 is 2.14 bits per heavy atom. The Hall–Kier alpha value is -6.07. The number of aromatic nitrogens is 4. The number of anilines is 2. The Balaban J connectivity index is 1.17. The van der Waals surface area contributed by atoms with E-state index in [1.54, 1.807) is 17.9 Å². The summed E-state index contributed by atoms with van der Waals surface area (Å²) < 4.78 is 9.21. The number of pyridine rings is 4. The molecule has 64 heavy (non-hydrogen) atoms. The van der Waals surface area contributed by atoms with Crippen LogP contribution in [0.3, 0.4) is 0 Å². The van der Waals surface area contributed by atoms with Gasteiger partial charge in [0.25, 0.3) is 11.1 Å². The Kier molecular flexibility index (Phi) is 12.5. The van der Waals surface area contributed by atoms with Gasteiger partial charge in [0.15, 0.2) is 0 Å². The second-order valence-electron chi connectivity index (χ2n) is 17.6. The second kappa shape index (κ2) is 18.6. The number of nitrogens with zero attached hydrogens (tertiary/aromatic N) is 6. The van der Waals surface area contributed by atoms with Gasteiger partial charge in [0, 0.05) is 71.5 Å². The first kappa shape index (κ1) is 43.2. The highest BCUT2D eigenvalue weighted by Gasteiger charge is 2.30. The van der Waals surface area contributed by atoms with Crippen LogP contribution in [0.5, 0.6) is 0 Å². The van der Waals surface area contributed by atoms with E-state index in [-0.39, 0.29) is 23.2 Å². The first-order valence-electron chi connectivity index (χ1n) is 22.5. The molecular weight excluding hydrogens is 818 g/mol. The number of benzene rings is 3. The number of nitrogens with one attached hydrogen (secondary N) is 1. The van der Waals surface area contributed by atoms with Crippen LogP contribution >= 0.6 is 11.6 Å². The molecule has 2 aliphatic rings. The molecular formula is C53H56ClN7O3. The molecule has 0 aliphatic carbocycles. The van der Waals surface area contributed by atoms with E-state index in [4.69, 9.17) is 16.3 Å². The molecule has 2 aliphatic heterocycles. The molecule has 0 spiro atoms. The van der Waals surface area contributed by atoms with Crippen molar-refractivity contribution in [3.8, 4) is 44.5 Å². The summed E-state index contributed by atoms with van der Waals surface area (Å²) in [6, 6.07) is 33.7. The lowest BCUT2D eigenvalue weighted by atomic mass is 9.89. The molecule has 9 rings (SSSR count). The highest BCUT2D eigenvalue weighted by atomic mass is 35.5. The second-order valence-corrected chi connectivity index (χ2v) is 18.0. The van der Waals surface area contributed by atoms with Crippen LogP contribution in [0.4, 0.5) is 11.6 Å². The lowest BCUT2D eigenvalue weighted by molar-refractivity contribution is 0.180. The van der Waals surface area contributed by atoms with Crippen molar-refractivity contribution in [2.24, 2.45) is 14.1 Å². The lowest BCUT2D eigenvalue weighted by Crippen LogP contribution is -2.42. The number of ether oxygens (including phenoxy) is 1. The van der Waals surface area contributed by atoms with E-state index in [9.17, 15) is 9.59 Å². The fourth-order valence-electron chi connectivity index (χ4n) is 9.95. The van der Waals surface area contributed by atoms with Gasteiger partial charge >= 0.3 is 0 Å². The largest absolute Gasteiger partial charge is 0.383 e. The topological polar surface area (TPSA) is 97.5 Å². The molecule has 10 nitrogen and oxygen atoms in total. The SMILES string of the molecule is COC[C@@H]1CCCN1c1cc(-c2ccnc(Cl)c2)c(-c2cccc(Cc3cnccc3-c3cc(N4CCC[C@@H]4CNC(C)C)n(C)c(=O)c3-c3ccc4ccccc4c3)c2)c(=O)n1C. The minimum absolute atomic E-state index is 0.0412. The summed E-state index contributed by atoms with van der Waals surface area (Å²) in [5.74, 6) is 1.76. The van der Waals surface area contributed by atoms with Crippen molar-refractivity contribution in [2.45, 2.75) is 64.1 Å². The molecule has 7 aromatic rings. The van der Waals surface area contributed by atoms with Crippen molar-refractivity contribution in [3.63, 3.8) is 0 Å². The minimum atomic E-state index is -0.0979. The van der Waals surface area contributed by atoms with Crippen LogP contribution in [0, 0.1) is 0 Å². The Bertz CT molecular complexity index is 2960. The summed E-state index contributed by atoms with van der Waals surface area (Å²) in [7, 11) is 5.49. The zero-order valence-corrected chi connectivity index (χ0v) is 38.1. The molecule has 2 saturated heterocycles. The molecule has 4 aromatic heterocycles. The Morgan fingerprint density at radius 2 is 1.41 bits per heavy atom. The molecule has 0 amide bonds. The zero-order chi connectivity index (χ0) is 44.5. The van der Waals surface area contributed by atoms with Crippen LogP contribution in [0.15, 0.2) is 125 Å². The molecule has 328 valence electrons. The molecule has 0 bridgehead atoms. The maximum absolute atomic E-state index is 15.0. The van der Waals surface area contributed by atoms with Gasteiger partial charge in [-0.25, -0.2) is 4.98 Å². The van der Waals surface area contributed by atoms with Gasteiger partial charge in [-0.15, -0.1) is 0 Å². The predicted molar refractivity (Wildman–Crippen MR) is 262 cm³/mol. The lowest BCUT2D eigenvalue weighted by Gasteiger charge is -2.30. The van der Waals surface area contributed by atoms with Gasteiger partial charge in [-0.1, -0.05) is 86.1 Å². The van der Waals surface area contributed by atoms with Crippen molar-refractivity contribution < 1.29 is 4.74 Å². The highest BCUT2D eigenvalue weighted by Crippen LogP contribution is 2.39. The molecule has 11 heteroatoms. The van der Waals surface area contributed by atoms with E-state index in [0.717, 1.165) is 112 Å². The van der Waals surface area contributed by atoms with Gasteiger partial charge < -0.3 is 19.9 Å². The number of fused-ring (bicyclic) bond motifs is 1. The average molecular weight is 875 g/mol. The van der Waals surface area contributed by atoms with Gasteiger partial charge in [0.05, 0.1) is 23.8 Å². The third-order valence-electron chi connectivity index (χ3n) is 13.2. The maximum atomic E-state index is 15.0. The average Bonchev–Trinajstić information content (AvgIpc) is 3.97. The van der Waals surface area contributed by atoms with E-state index in [1.807, 2.05) is 73.5 Å². The molecule has 0 radical (unpaired) electrons. The quantitative estimate of drug-likeness (QED) is 0.115. The van der Waals surface area contributed by atoms with Crippen LogP contribution in [0.25, 0.3) is 55.3 Å². The summed E-state index contributed by atoms with van der Waals surface area (Å²) in [5.41, 5.74) is 8.19. The van der Waals surface area contributed by atoms with Gasteiger partial charge in [0.2, 0.25) is 0 Å². The van der Waals surface area contributed by atoms with Crippen molar-refractivity contribution in [3.05, 3.63) is 153 Å². The molecule has 0 saturated carbocycles. The summed E-state index contributed by atoms with van der Waals surface area (Å²) in [4.78, 5) is 43.3. The van der Waals surface area contributed by atoms with Gasteiger partial charge in [-0.2, -0.15) is 0 Å². The maximum Gasteiger partial charge on any atom is 0.260 e. The number of hydrogen-bond donors (Lipinski definition) is 1. The molecule has 6 heterocycles. The molecule has 2 fully saturated rings. The normalized spacial score (nSPS) is 16.4. The van der Waals surface area contributed by atoms with Crippen LogP contribution in [0.1, 0.15) is 50.7 Å². The summed E-state index contributed by atoms with van der Waals surface area (Å²) in [6.07, 6.45) is 10.1. The minimum Gasteiger partial charge on any atom is -0.383 e. The van der Waals surface area contributed by atoms with Crippen molar-refractivity contribution in [2.75, 3.05) is 43.2 Å². The summed E-state index contributed by atoms with van der Waals surface area (Å²) in [6.45, 7) is 7.49. The summed E-state index contributed by atoms with van der Waals surface area (Å²) >= 11 is 6.50. The smallest absolute Gasteiger partial charge is 0.260 e. The Labute approximate surface area is 380 Å². The van der Waals surface area contributed by atoms with E-state index in [1.165, 1.54) is 0 Å². The first-order chi connectivity index (χ1) is 31.1. The third-order valence-corrected chi connectivity index (χ3v) is 13.4.